The maximum absolute atomic E-state index is 12.5. The Bertz CT molecular complexity index is 778. The summed E-state index contributed by atoms with van der Waals surface area (Å²) in [7, 11) is 0. The Morgan fingerprint density at radius 1 is 0.714 bits per heavy atom. The van der Waals surface area contributed by atoms with Gasteiger partial charge in [0.1, 0.15) is 0 Å². The van der Waals surface area contributed by atoms with Crippen LogP contribution in [0.25, 0.3) is 0 Å². The second kappa shape index (κ2) is 10.9. The molecule has 0 N–H and O–H groups in total. The minimum absolute atomic E-state index is 0.241. The first-order valence-corrected chi connectivity index (χ1v) is 10.7. The van der Waals surface area contributed by atoms with Gasteiger partial charge in [-0.05, 0) is 51.0 Å². The molecule has 0 radical (unpaired) electrons. The highest BCUT2D eigenvalue weighted by Gasteiger charge is 2.22. The Morgan fingerprint density at radius 3 is 1.46 bits per heavy atom. The van der Waals surface area contributed by atoms with Crippen molar-refractivity contribution in [3.63, 3.8) is 0 Å². The molecule has 0 aromatic carbocycles. The molecular formula is C20H22O6S2. The van der Waals surface area contributed by atoms with E-state index in [9.17, 15) is 19.2 Å². The predicted octanol–water partition coefficient (Wildman–Crippen LogP) is 3.87. The minimum Gasteiger partial charge on any atom is -0.466 e. The van der Waals surface area contributed by atoms with Crippen molar-refractivity contribution in [1.82, 2.24) is 0 Å². The van der Waals surface area contributed by atoms with Crippen molar-refractivity contribution in [1.29, 1.82) is 0 Å². The Hall–Kier alpha value is -2.32. The molecule has 0 spiro atoms. The summed E-state index contributed by atoms with van der Waals surface area (Å²) in [4.78, 5) is 50.2. The van der Waals surface area contributed by atoms with Crippen LogP contribution in [0.15, 0.2) is 24.3 Å². The third-order valence-electron chi connectivity index (χ3n) is 3.74. The fraction of sp³-hybridized carbons (Fsp3) is 0.400. The van der Waals surface area contributed by atoms with Crippen LogP contribution in [0.4, 0.5) is 0 Å². The molecule has 0 saturated carbocycles. The van der Waals surface area contributed by atoms with Crippen LogP contribution in [0.2, 0.25) is 0 Å². The lowest BCUT2D eigenvalue weighted by Gasteiger charge is -2.00. The molecule has 150 valence electrons. The highest BCUT2D eigenvalue weighted by molar-refractivity contribution is 7.17. The van der Waals surface area contributed by atoms with E-state index in [0.29, 0.717) is 35.8 Å². The van der Waals surface area contributed by atoms with Gasteiger partial charge in [0.2, 0.25) is 11.6 Å². The molecule has 0 aliphatic heterocycles. The standard InChI is InChI=1S/C20H22O6S2/c1-3-25-17(21)11-7-13-5-9-15(27-13)19(23)20(24)16-10-6-14(28-16)8-12-18(22)26-4-2/h5-6,9-10H,3-4,7-8,11-12H2,1-2H3. The Morgan fingerprint density at radius 2 is 1.11 bits per heavy atom. The smallest absolute Gasteiger partial charge is 0.306 e. The van der Waals surface area contributed by atoms with Gasteiger partial charge in [0, 0.05) is 9.75 Å². The second-order valence-electron chi connectivity index (χ2n) is 5.80. The fourth-order valence-electron chi connectivity index (χ4n) is 2.41. The summed E-state index contributed by atoms with van der Waals surface area (Å²) in [5.41, 5.74) is 0. The molecule has 8 heteroatoms. The van der Waals surface area contributed by atoms with Gasteiger partial charge < -0.3 is 9.47 Å². The summed E-state index contributed by atoms with van der Waals surface area (Å²) in [6.45, 7) is 4.17. The van der Waals surface area contributed by atoms with Crippen molar-refractivity contribution in [2.45, 2.75) is 39.5 Å². The average molecular weight is 423 g/mol. The lowest BCUT2D eigenvalue weighted by atomic mass is 10.2. The van der Waals surface area contributed by atoms with Crippen LogP contribution in [0, 0.1) is 0 Å². The number of ether oxygens (including phenoxy) is 2. The highest BCUT2D eigenvalue weighted by Crippen LogP contribution is 2.24. The zero-order valence-corrected chi connectivity index (χ0v) is 17.5. The third-order valence-corrected chi connectivity index (χ3v) is 6.03. The first-order chi connectivity index (χ1) is 13.4. The number of aryl methyl sites for hydroxylation is 2. The molecule has 28 heavy (non-hydrogen) atoms. The SMILES string of the molecule is CCOC(=O)CCc1ccc(C(=O)C(=O)c2ccc(CCC(=O)OCC)s2)s1. The van der Waals surface area contributed by atoms with Crippen LogP contribution in [0.3, 0.4) is 0 Å². The van der Waals surface area contributed by atoms with E-state index < -0.39 is 11.6 Å². The molecule has 0 amide bonds. The minimum atomic E-state index is -0.564. The van der Waals surface area contributed by atoms with Gasteiger partial charge in [-0.3, -0.25) is 19.2 Å². The van der Waals surface area contributed by atoms with Gasteiger partial charge in [0.25, 0.3) is 0 Å². The van der Waals surface area contributed by atoms with E-state index in [1.807, 2.05) is 0 Å². The van der Waals surface area contributed by atoms with E-state index in [0.717, 1.165) is 9.75 Å². The lowest BCUT2D eigenvalue weighted by Crippen LogP contribution is -2.11. The number of ketones is 2. The number of rotatable bonds is 11. The zero-order valence-electron chi connectivity index (χ0n) is 15.8. The van der Waals surface area contributed by atoms with Crippen LogP contribution in [-0.4, -0.2) is 36.7 Å². The first-order valence-electron chi connectivity index (χ1n) is 9.02. The number of thiophene rings is 2. The Kier molecular flexibility index (Phi) is 8.53. The summed E-state index contributed by atoms with van der Waals surface area (Å²) in [6.07, 6.45) is 1.43. The van der Waals surface area contributed by atoms with Crippen molar-refractivity contribution in [3.05, 3.63) is 43.8 Å². The maximum atomic E-state index is 12.5. The largest absolute Gasteiger partial charge is 0.466 e. The van der Waals surface area contributed by atoms with E-state index >= 15 is 0 Å². The zero-order chi connectivity index (χ0) is 20.5. The molecule has 2 rings (SSSR count). The first kappa shape index (κ1) is 22.0. The summed E-state index contributed by atoms with van der Waals surface area (Å²) < 4.78 is 9.76. The third kappa shape index (κ3) is 6.38. The second-order valence-corrected chi connectivity index (χ2v) is 8.14. The van der Waals surface area contributed by atoms with E-state index in [4.69, 9.17) is 9.47 Å². The number of Topliss-reactive ketones (excluding diaryl/α,β-unsaturated/α-hetero) is 2. The normalized spacial score (nSPS) is 10.5. The summed E-state index contributed by atoms with van der Waals surface area (Å²) in [6, 6.07) is 6.73. The molecule has 0 aliphatic rings. The number of esters is 2. The van der Waals surface area contributed by atoms with Gasteiger partial charge in [0.15, 0.2) is 0 Å². The quantitative estimate of drug-likeness (QED) is 0.310. The molecule has 0 unspecified atom stereocenters. The summed E-state index contributed by atoms with van der Waals surface area (Å²) >= 11 is 2.43. The number of hydrogen-bond donors (Lipinski definition) is 0. The van der Waals surface area contributed by atoms with Crippen molar-refractivity contribution >= 4 is 46.2 Å². The Labute approximate surface area is 171 Å². The van der Waals surface area contributed by atoms with Crippen LogP contribution in [0.5, 0.6) is 0 Å². The van der Waals surface area contributed by atoms with E-state index in [1.54, 1.807) is 38.1 Å². The van der Waals surface area contributed by atoms with Crippen molar-refractivity contribution < 1.29 is 28.7 Å². The number of carbonyl (C=O) groups excluding carboxylic acids is 4. The van der Waals surface area contributed by atoms with Crippen LogP contribution < -0.4 is 0 Å². The predicted molar refractivity (Wildman–Crippen MR) is 107 cm³/mol. The monoisotopic (exact) mass is 422 g/mol. The maximum Gasteiger partial charge on any atom is 0.306 e. The van der Waals surface area contributed by atoms with E-state index in [2.05, 4.69) is 0 Å². The summed E-state index contributed by atoms with van der Waals surface area (Å²) in [5, 5.41) is 0. The summed E-state index contributed by atoms with van der Waals surface area (Å²) in [5.74, 6) is -1.69. The molecule has 2 aromatic rings. The fourth-order valence-corrected chi connectivity index (χ4v) is 4.30. The van der Waals surface area contributed by atoms with Gasteiger partial charge in [-0.2, -0.15) is 0 Å². The number of carbonyl (C=O) groups is 4. The van der Waals surface area contributed by atoms with Crippen molar-refractivity contribution in [3.8, 4) is 0 Å². The molecule has 0 fully saturated rings. The Balaban J connectivity index is 1.93. The molecule has 0 atom stereocenters. The van der Waals surface area contributed by atoms with Gasteiger partial charge in [-0.25, -0.2) is 0 Å². The van der Waals surface area contributed by atoms with Gasteiger partial charge in [0.05, 0.1) is 35.8 Å². The molecule has 0 bridgehead atoms. The van der Waals surface area contributed by atoms with Crippen LogP contribution in [0.1, 0.15) is 55.8 Å². The molecule has 0 saturated heterocycles. The van der Waals surface area contributed by atoms with Crippen molar-refractivity contribution in [2.24, 2.45) is 0 Å². The van der Waals surface area contributed by atoms with Gasteiger partial charge in [-0.1, -0.05) is 0 Å². The number of hydrogen-bond acceptors (Lipinski definition) is 8. The molecule has 2 aromatic heterocycles. The highest BCUT2D eigenvalue weighted by atomic mass is 32.1. The van der Waals surface area contributed by atoms with E-state index in [1.165, 1.54) is 22.7 Å². The molecule has 6 nitrogen and oxygen atoms in total. The molecule has 0 aliphatic carbocycles. The van der Waals surface area contributed by atoms with Gasteiger partial charge in [-0.15, -0.1) is 22.7 Å². The van der Waals surface area contributed by atoms with Crippen LogP contribution in [-0.2, 0) is 31.9 Å². The molecular weight excluding hydrogens is 400 g/mol. The molecule has 2 heterocycles. The average Bonchev–Trinajstić information content (AvgIpc) is 3.33. The van der Waals surface area contributed by atoms with Gasteiger partial charge >= 0.3 is 11.9 Å². The topological polar surface area (TPSA) is 86.7 Å². The van der Waals surface area contributed by atoms with Crippen LogP contribution >= 0.6 is 22.7 Å². The van der Waals surface area contributed by atoms with Crippen molar-refractivity contribution in [2.75, 3.05) is 13.2 Å². The van der Waals surface area contributed by atoms with E-state index in [-0.39, 0.29) is 24.8 Å². The lowest BCUT2D eigenvalue weighted by molar-refractivity contribution is -0.144.